The van der Waals surface area contributed by atoms with Gasteiger partial charge in [0, 0.05) is 11.0 Å². The van der Waals surface area contributed by atoms with E-state index >= 15 is 0 Å². The van der Waals surface area contributed by atoms with Crippen LogP contribution in [0, 0.1) is 0 Å². The van der Waals surface area contributed by atoms with E-state index < -0.39 is 5.60 Å². The molecule has 3 rings (SSSR count). The van der Waals surface area contributed by atoms with Gasteiger partial charge in [-0.15, -0.1) is 0 Å². The van der Waals surface area contributed by atoms with Gasteiger partial charge in [-0.1, -0.05) is 92.7 Å². The molecule has 0 unspecified atom stereocenters. The van der Waals surface area contributed by atoms with Gasteiger partial charge in [0.2, 0.25) is 0 Å². The summed E-state index contributed by atoms with van der Waals surface area (Å²) in [4.78, 5) is 0. The Morgan fingerprint density at radius 1 is 0.560 bits per heavy atom. The predicted molar refractivity (Wildman–Crippen MR) is 105 cm³/mol. The van der Waals surface area contributed by atoms with Crippen molar-refractivity contribution in [3.05, 3.63) is 102 Å². The van der Waals surface area contributed by atoms with Gasteiger partial charge in [-0.3, -0.25) is 0 Å². The standard InChI is InChI=1S/C24H26O/c1-23(2,19-13-7-5-8-14-19)21-17-11-12-18-22(21)25-24(3,4)20-15-9-6-10-16-20/h5-18H,1-4H3. The molecule has 0 aliphatic rings. The number of para-hydroxylation sites is 1. The van der Waals surface area contributed by atoms with Crippen LogP contribution >= 0.6 is 0 Å². The van der Waals surface area contributed by atoms with E-state index in [4.69, 9.17) is 4.74 Å². The highest BCUT2D eigenvalue weighted by Gasteiger charge is 2.29. The van der Waals surface area contributed by atoms with E-state index in [1.807, 2.05) is 12.1 Å². The molecule has 0 amide bonds. The summed E-state index contributed by atoms with van der Waals surface area (Å²) < 4.78 is 6.53. The molecule has 0 spiro atoms. The molecule has 0 aliphatic heterocycles. The molecule has 0 N–H and O–H groups in total. The van der Waals surface area contributed by atoms with Gasteiger partial charge in [-0.05, 0) is 31.0 Å². The predicted octanol–water partition coefficient (Wildman–Crippen LogP) is 6.33. The Balaban J connectivity index is 2.00. The van der Waals surface area contributed by atoms with Crippen LogP contribution in [-0.4, -0.2) is 0 Å². The fraction of sp³-hybridized carbons (Fsp3) is 0.250. The molecular weight excluding hydrogens is 304 g/mol. The molecule has 25 heavy (non-hydrogen) atoms. The van der Waals surface area contributed by atoms with Crippen LogP contribution in [0.25, 0.3) is 0 Å². The Labute approximate surface area is 151 Å². The van der Waals surface area contributed by atoms with Gasteiger partial charge in [0.05, 0.1) is 0 Å². The summed E-state index contributed by atoms with van der Waals surface area (Å²) in [5.41, 5.74) is 3.12. The summed E-state index contributed by atoms with van der Waals surface area (Å²) >= 11 is 0. The largest absolute Gasteiger partial charge is 0.483 e. The highest BCUT2D eigenvalue weighted by Crippen LogP contribution is 2.39. The first-order valence-corrected chi connectivity index (χ1v) is 8.81. The average Bonchev–Trinajstić information content (AvgIpc) is 2.63. The van der Waals surface area contributed by atoms with Crippen molar-refractivity contribution >= 4 is 0 Å². The quantitative estimate of drug-likeness (QED) is 0.531. The third kappa shape index (κ3) is 3.61. The monoisotopic (exact) mass is 330 g/mol. The molecule has 3 aromatic carbocycles. The summed E-state index contributed by atoms with van der Waals surface area (Å²) in [5.74, 6) is 0.935. The van der Waals surface area contributed by atoms with Gasteiger partial charge < -0.3 is 4.74 Å². The minimum Gasteiger partial charge on any atom is -0.483 e. The van der Waals surface area contributed by atoms with Gasteiger partial charge in [-0.2, -0.15) is 0 Å². The molecule has 3 aromatic rings. The number of hydrogen-bond acceptors (Lipinski definition) is 1. The SMILES string of the molecule is CC(C)(Oc1ccccc1C(C)(C)c1ccccc1)c1ccccc1. The zero-order valence-corrected chi connectivity index (χ0v) is 15.5. The fourth-order valence-corrected chi connectivity index (χ4v) is 3.26. The third-order valence-corrected chi connectivity index (χ3v) is 4.89. The molecule has 1 nitrogen and oxygen atoms in total. The van der Waals surface area contributed by atoms with Crippen molar-refractivity contribution in [2.24, 2.45) is 0 Å². The lowest BCUT2D eigenvalue weighted by atomic mass is 9.77. The molecule has 1 heteroatoms. The zero-order valence-electron chi connectivity index (χ0n) is 15.5. The van der Waals surface area contributed by atoms with Crippen molar-refractivity contribution in [1.82, 2.24) is 0 Å². The molecule has 0 radical (unpaired) electrons. The molecule has 0 aromatic heterocycles. The van der Waals surface area contributed by atoms with Gasteiger partial charge in [0.15, 0.2) is 0 Å². The lowest BCUT2D eigenvalue weighted by Crippen LogP contribution is -2.28. The lowest BCUT2D eigenvalue weighted by Gasteiger charge is -2.33. The van der Waals surface area contributed by atoms with Gasteiger partial charge in [-0.25, -0.2) is 0 Å². The molecule has 0 saturated heterocycles. The van der Waals surface area contributed by atoms with E-state index in [-0.39, 0.29) is 5.41 Å². The summed E-state index contributed by atoms with van der Waals surface area (Å²) in [6.45, 7) is 8.74. The number of benzene rings is 3. The fourth-order valence-electron chi connectivity index (χ4n) is 3.26. The van der Waals surface area contributed by atoms with Crippen molar-refractivity contribution in [2.45, 2.75) is 38.7 Å². The maximum absolute atomic E-state index is 6.53. The number of rotatable bonds is 5. The molecule has 0 heterocycles. The van der Waals surface area contributed by atoms with E-state index in [1.54, 1.807) is 0 Å². The van der Waals surface area contributed by atoms with Crippen LogP contribution in [0.15, 0.2) is 84.9 Å². The highest BCUT2D eigenvalue weighted by atomic mass is 16.5. The summed E-state index contributed by atoms with van der Waals surface area (Å²) in [6, 6.07) is 29.3. The van der Waals surface area contributed by atoms with E-state index in [0.29, 0.717) is 0 Å². The molecular formula is C24H26O. The van der Waals surface area contributed by atoms with Crippen LogP contribution in [0.3, 0.4) is 0 Å². The second-order valence-corrected chi connectivity index (χ2v) is 7.47. The molecule has 0 bridgehead atoms. The Morgan fingerprint density at radius 2 is 1.04 bits per heavy atom. The first-order chi connectivity index (χ1) is 11.9. The molecule has 0 aliphatic carbocycles. The normalized spacial score (nSPS) is 12.0. The van der Waals surface area contributed by atoms with E-state index in [9.17, 15) is 0 Å². The summed E-state index contributed by atoms with van der Waals surface area (Å²) in [5, 5.41) is 0. The Bertz CT molecular complexity index is 817. The van der Waals surface area contributed by atoms with Crippen LogP contribution < -0.4 is 4.74 Å². The first-order valence-electron chi connectivity index (χ1n) is 8.81. The van der Waals surface area contributed by atoms with Crippen LogP contribution in [0.2, 0.25) is 0 Å². The van der Waals surface area contributed by atoms with Crippen molar-refractivity contribution in [2.75, 3.05) is 0 Å². The number of hydrogen-bond donors (Lipinski definition) is 0. The second kappa shape index (κ2) is 6.76. The molecule has 0 saturated carbocycles. The minimum absolute atomic E-state index is 0.134. The Morgan fingerprint density at radius 3 is 1.64 bits per heavy atom. The van der Waals surface area contributed by atoms with Gasteiger partial charge >= 0.3 is 0 Å². The first kappa shape index (κ1) is 17.3. The van der Waals surface area contributed by atoms with Gasteiger partial charge in [0.1, 0.15) is 11.4 Å². The van der Waals surface area contributed by atoms with Crippen LogP contribution in [0.4, 0.5) is 0 Å². The van der Waals surface area contributed by atoms with Crippen molar-refractivity contribution in [3.8, 4) is 5.75 Å². The topological polar surface area (TPSA) is 9.23 Å². The molecule has 128 valence electrons. The smallest absolute Gasteiger partial charge is 0.128 e. The molecule has 0 atom stereocenters. The maximum atomic E-state index is 6.53. The summed E-state index contributed by atoms with van der Waals surface area (Å²) in [7, 11) is 0. The van der Waals surface area contributed by atoms with Crippen molar-refractivity contribution in [1.29, 1.82) is 0 Å². The van der Waals surface area contributed by atoms with Crippen molar-refractivity contribution < 1.29 is 4.74 Å². The Kier molecular flexibility index (Phi) is 4.67. The average molecular weight is 330 g/mol. The number of ether oxygens (including phenoxy) is 1. The van der Waals surface area contributed by atoms with Crippen LogP contribution in [-0.2, 0) is 11.0 Å². The minimum atomic E-state index is -0.399. The third-order valence-electron chi connectivity index (χ3n) is 4.89. The Hall–Kier alpha value is -2.54. The van der Waals surface area contributed by atoms with E-state index in [1.165, 1.54) is 16.7 Å². The van der Waals surface area contributed by atoms with Gasteiger partial charge in [0.25, 0.3) is 0 Å². The van der Waals surface area contributed by atoms with E-state index in [0.717, 1.165) is 5.75 Å². The summed E-state index contributed by atoms with van der Waals surface area (Å²) in [6.07, 6.45) is 0. The van der Waals surface area contributed by atoms with Crippen LogP contribution in [0.1, 0.15) is 44.4 Å². The maximum Gasteiger partial charge on any atom is 0.128 e. The van der Waals surface area contributed by atoms with Crippen LogP contribution in [0.5, 0.6) is 5.75 Å². The van der Waals surface area contributed by atoms with E-state index in [2.05, 4.69) is 100 Å². The molecule has 0 fully saturated rings. The van der Waals surface area contributed by atoms with Crippen molar-refractivity contribution in [3.63, 3.8) is 0 Å². The second-order valence-electron chi connectivity index (χ2n) is 7.47. The zero-order chi connectivity index (χ0) is 17.9. The highest BCUT2D eigenvalue weighted by molar-refractivity contribution is 5.46. The lowest BCUT2D eigenvalue weighted by molar-refractivity contribution is 0.106.